The van der Waals surface area contributed by atoms with E-state index >= 15 is 0 Å². The molecule has 0 aromatic carbocycles. The minimum atomic E-state index is -0.132. The Morgan fingerprint density at radius 2 is 2.19 bits per heavy atom. The maximum absolute atomic E-state index is 11.9. The Balaban J connectivity index is 2.35. The molecule has 3 nitrogen and oxygen atoms in total. The summed E-state index contributed by atoms with van der Waals surface area (Å²) in [5.74, 6) is -0.241. The number of H-pyrrole nitrogens is 1. The summed E-state index contributed by atoms with van der Waals surface area (Å²) in [7, 11) is 0. The molecule has 2 heterocycles. The Hall–Kier alpha value is -0.900. The highest BCUT2D eigenvalue weighted by Crippen LogP contribution is 2.47. The Morgan fingerprint density at radius 1 is 1.50 bits per heavy atom. The van der Waals surface area contributed by atoms with Crippen molar-refractivity contribution >= 4 is 17.7 Å². The number of hydrogen-bond donors (Lipinski definition) is 1. The number of carbonyl (C=O) groups excluding carboxylic acids is 1. The Bertz CT molecular complexity index is 425. The van der Waals surface area contributed by atoms with Crippen molar-refractivity contribution in [2.24, 2.45) is 0 Å². The highest BCUT2D eigenvalue weighted by Gasteiger charge is 2.39. The number of thioether (sulfide) groups is 1. The predicted molar refractivity (Wildman–Crippen MR) is 65.0 cm³/mol. The lowest BCUT2D eigenvalue weighted by molar-refractivity contribution is -0.144. The minimum Gasteiger partial charge on any atom is -0.465 e. The molecule has 0 amide bonds. The Labute approximate surface area is 100.0 Å². The summed E-state index contributed by atoms with van der Waals surface area (Å²) in [6, 6.07) is 0. The van der Waals surface area contributed by atoms with E-state index in [1.807, 2.05) is 13.8 Å². The number of carbonyl (C=O) groups is 1. The molecule has 4 heteroatoms. The fourth-order valence-electron chi connectivity index (χ4n) is 2.13. The average Bonchev–Trinajstić information content (AvgIpc) is 2.66. The molecule has 0 saturated heterocycles. The van der Waals surface area contributed by atoms with Crippen molar-refractivity contribution in [3.05, 3.63) is 17.0 Å². The number of esters is 1. The second-order valence-electron chi connectivity index (χ2n) is 4.17. The van der Waals surface area contributed by atoms with E-state index in [2.05, 4.69) is 18.8 Å². The fraction of sp³-hybridized carbons (Fsp3) is 0.583. The average molecular weight is 239 g/mol. The van der Waals surface area contributed by atoms with Gasteiger partial charge in [0.05, 0.1) is 6.61 Å². The molecule has 0 spiro atoms. The van der Waals surface area contributed by atoms with Crippen molar-refractivity contribution in [2.75, 3.05) is 6.61 Å². The maximum atomic E-state index is 11.9. The normalized spacial score (nSPS) is 23.2. The van der Waals surface area contributed by atoms with Crippen LogP contribution in [0.4, 0.5) is 0 Å². The minimum absolute atomic E-state index is 0.109. The summed E-state index contributed by atoms with van der Waals surface area (Å²) in [4.78, 5) is 16.4. The molecular formula is C12H17NO2S. The first-order valence-corrected chi connectivity index (χ1v) is 6.46. The molecule has 0 fully saturated rings. The van der Waals surface area contributed by atoms with E-state index in [-0.39, 0.29) is 17.1 Å². The second-order valence-corrected chi connectivity index (χ2v) is 5.56. The van der Waals surface area contributed by atoms with Crippen LogP contribution >= 0.6 is 11.8 Å². The number of aromatic nitrogens is 1. The zero-order valence-corrected chi connectivity index (χ0v) is 10.9. The third-order valence-electron chi connectivity index (χ3n) is 3.09. The third-order valence-corrected chi connectivity index (χ3v) is 4.50. The summed E-state index contributed by atoms with van der Waals surface area (Å²) in [5, 5.41) is 0.264. The summed E-state index contributed by atoms with van der Waals surface area (Å²) in [6.07, 6.45) is 0. The zero-order chi connectivity index (χ0) is 11.9. The standard InChI is InChI=1S/C12H17NO2S/c1-5-15-12(14)9-8(4)16-11-6(2)7(3)13-10(9)11/h8-9,13H,5H2,1-4H3/t8-,9-/m0/s1. The van der Waals surface area contributed by atoms with E-state index in [9.17, 15) is 4.79 Å². The van der Waals surface area contributed by atoms with Crippen molar-refractivity contribution in [3.8, 4) is 0 Å². The largest absolute Gasteiger partial charge is 0.465 e. The summed E-state index contributed by atoms with van der Waals surface area (Å²) in [6.45, 7) is 8.51. The molecule has 1 aromatic rings. The monoisotopic (exact) mass is 239 g/mol. The molecule has 1 aromatic heterocycles. The maximum Gasteiger partial charge on any atom is 0.316 e. The van der Waals surface area contributed by atoms with Crippen LogP contribution in [-0.4, -0.2) is 22.8 Å². The zero-order valence-electron chi connectivity index (χ0n) is 10.1. The molecule has 16 heavy (non-hydrogen) atoms. The van der Waals surface area contributed by atoms with E-state index in [0.717, 1.165) is 11.4 Å². The molecule has 2 rings (SSSR count). The summed E-state index contributed by atoms with van der Waals surface area (Å²) in [5.41, 5.74) is 3.46. The second kappa shape index (κ2) is 4.17. The number of hydrogen-bond acceptors (Lipinski definition) is 3. The van der Waals surface area contributed by atoms with Crippen LogP contribution in [0.5, 0.6) is 0 Å². The van der Waals surface area contributed by atoms with Crippen LogP contribution in [0.2, 0.25) is 0 Å². The molecule has 88 valence electrons. The van der Waals surface area contributed by atoms with Crippen LogP contribution in [0.3, 0.4) is 0 Å². The highest BCUT2D eigenvalue weighted by atomic mass is 32.2. The van der Waals surface area contributed by atoms with Crippen molar-refractivity contribution in [1.29, 1.82) is 0 Å². The first-order valence-electron chi connectivity index (χ1n) is 5.58. The van der Waals surface area contributed by atoms with Gasteiger partial charge in [-0.3, -0.25) is 4.79 Å². The Kier molecular flexibility index (Phi) is 3.02. The third kappa shape index (κ3) is 1.65. The van der Waals surface area contributed by atoms with Gasteiger partial charge < -0.3 is 9.72 Å². The molecule has 1 N–H and O–H groups in total. The SMILES string of the molecule is CCOC(=O)[C@@H]1c2[nH]c(C)c(C)c2S[C@H]1C. The lowest BCUT2D eigenvalue weighted by atomic mass is 10.0. The molecule has 2 atom stereocenters. The van der Waals surface area contributed by atoms with E-state index in [0.29, 0.717) is 6.61 Å². The topological polar surface area (TPSA) is 42.1 Å². The first kappa shape index (κ1) is 11.6. The smallest absolute Gasteiger partial charge is 0.316 e. The molecule has 1 aliphatic heterocycles. The van der Waals surface area contributed by atoms with Gasteiger partial charge in [-0.1, -0.05) is 6.92 Å². The van der Waals surface area contributed by atoms with Crippen LogP contribution in [0.15, 0.2) is 4.90 Å². The highest BCUT2D eigenvalue weighted by molar-refractivity contribution is 8.00. The fourth-order valence-corrected chi connectivity index (χ4v) is 3.52. The number of rotatable bonds is 2. The van der Waals surface area contributed by atoms with Gasteiger partial charge in [-0.15, -0.1) is 11.8 Å². The molecule has 0 unspecified atom stereocenters. The van der Waals surface area contributed by atoms with E-state index in [4.69, 9.17) is 4.74 Å². The van der Waals surface area contributed by atoms with Gasteiger partial charge in [0.1, 0.15) is 5.92 Å². The van der Waals surface area contributed by atoms with Gasteiger partial charge >= 0.3 is 5.97 Å². The van der Waals surface area contributed by atoms with E-state index in [1.165, 1.54) is 10.5 Å². The van der Waals surface area contributed by atoms with Crippen molar-refractivity contribution in [2.45, 2.75) is 43.8 Å². The lowest BCUT2D eigenvalue weighted by Gasteiger charge is -2.13. The summed E-state index contributed by atoms with van der Waals surface area (Å²) < 4.78 is 5.13. The quantitative estimate of drug-likeness (QED) is 0.807. The number of ether oxygens (including phenoxy) is 1. The van der Waals surface area contributed by atoms with Crippen LogP contribution < -0.4 is 0 Å². The number of aromatic amines is 1. The van der Waals surface area contributed by atoms with Crippen LogP contribution in [0, 0.1) is 13.8 Å². The first-order chi connectivity index (χ1) is 7.56. The molecular weight excluding hydrogens is 222 g/mol. The lowest BCUT2D eigenvalue weighted by Crippen LogP contribution is -2.21. The van der Waals surface area contributed by atoms with E-state index < -0.39 is 0 Å². The molecule has 0 aliphatic carbocycles. The van der Waals surface area contributed by atoms with Crippen LogP contribution in [0.1, 0.15) is 36.7 Å². The van der Waals surface area contributed by atoms with Crippen molar-refractivity contribution in [1.82, 2.24) is 4.98 Å². The van der Waals surface area contributed by atoms with Gasteiger partial charge in [0, 0.05) is 21.5 Å². The van der Waals surface area contributed by atoms with Crippen molar-refractivity contribution < 1.29 is 9.53 Å². The Morgan fingerprint density at radius 3 is 2.81 bits per heavy atom. The van der Waals surface area contributed by atoms with Crippen LogP contribution in [0.25, 0.3) is 0 Å². The number of aryl methyl sites for hydroxylation is 1. The van der Waals surface area contributed by atoms with Crippen LogP contribution in [-0.2, 0) is 9.53 Å². The van der Waals surface area contributed by atoms with Gasteiger partial charge in [0.15, 0.2) is 0 Å². The van der Waals surface area contributed by atoms with Gasteiger partial charge in [0.25, 0.3) is 0 Å². The molecule has 0 radical (unpaired) electrons. The molecule has 0 bridgehead atoms. The van der Waals surface area contributed by atoms with Gasteiger partial charge in [-0.2, -0.15) is 0 Å². The number of nitrogens with one attached hydrogen (secondary N) is 1. The van der Waals surface area contributed by atoms with Gasteiger partial charge in [0.2, 0.25) is 0 Å². The van der Waals surface area contributed by atoms with E-state index in [1.54, 1.807) is 11.8 Å². The summed E-state index contributed by atoms with van der Waals surface area (Å²) >= 11 is 1.77. The predicted octanol–water partition coefficient (Wildman–Crippen LogP) is 2.77. The van der Waals surface area contributed by atoms with Gasteiger partial charge in [-0.25, -0.2) is 0 Å². The molecule has 0 saturated carbocycles. The van der Waals surface area contributed by atoms with Gasteiger partial charge in [-0.05, 0) is 26.3 Å². The van der Waals surface area contributed by atoms with Crippen molar-refractivity contribution in [3.63, 3.8) is 0 Å². The molecule has 1 aliphatic rings. The number of fused-ring (bicyclic) bond motifs is 1.